The van der Waals surface area contributed by atoms with Gasteiger partial charge in [0.2, 0.25) is 0 Å². The SMILES string of the molecule is CCCC=C1SC(=O)N(CCCCc2cccc3nccn23)C1=O.Cl. The van der Waals surface area contributed by atoms with E-state index in [1.807, 2.05) is 24.4 Å². The van der Waals surface area contributed by atoms with Gasteiger partial charge in [-0.1, -0.05) is 25.5 Å². The number of imide groups is 1. The molecule has 2 amide bonds. The third kappa shape index (κ3) is 4.44. The zero-order valence-corrected chi connectivity index (χ0v) is 15.8. The summed E-state index contributed by atoms with van der Waals surface area (Å²) < 4.78 is 2.08. The highest BCUT2D eigenvalue weighted by atomic mass is 35.5. The first-order valence-electron chi connectivity index (χ1n) is 8.35. The smallest absolute Gasteiger partial charge is 0.293 e. The van der Waals surface area contributed by atoms with Crippen LogP contribution in [0, 0.1) is 0 Å². The molecule has 1 saturated heterocycles. The number of amides is 2. The van der Waals surface area contributed by atoms with Crippen LogP contribution in [0.4, 0.5) is 4.79 Å². The Morgan fingerprint density at radius 1 is 1.24 bits per heavy atom. The number of pyridine rings is 1. The predicted molar refractivity (Wildman–Crippen MR) is 103 cm³/mol. The Kier molecular flexibility index (Phi) is 7.08. The summed E-state index contributed by atoms with van der Waals surface area (Å²) in [4.78, 5) is 30.5. The Bertz CT molecular complexity index is 787. The second-order valence-corrected chi connectivity index (χ2v) is 6.80. The van der Waals surface area contributed by atoms with Crippen LogP contribution in [0.1, 0.15) is 38.3 Å². The number of carbonyl (C=O) groups is 2. The summed E-state index contributed by atoms with van der Waals surface area (Å²) in [7, 11) is 0. The fourth-order valence-electron chi connectivity index (χ4n) is 2.79. The first-order chi connectivity index (χ1) is 11.7. The number of allylic oxidation sites excluding steroid dienone is 1. The lowest BCUT2D eigenvalue weighted by atomic mass is 10.1. The number of rotatable bonds is 7. The molecule has 0 atom stereocenters. The van der Waals surface area contributed by atoms with Crippen molar-refractivity contribution in [2.24, 2.45) is 0 Å². The molecule has 1 aliphatic heterocycles. The number of aryl methyl sites for hydroxylation is 1. The highest BCUT2D eigenvalue weighted by Crippen LogP contribution is 2.31. The average Bonchev–Trinajstić information content (AvgIpc) is 3.16. The number of hydrogen-bond donors (Lipinski definition) is 0. The highest BCUT2D eigenvalue weighted by molar-refractivity contribution is 8.18. The molecule has 1 fully saturated rings. The molecule has 134 valence electrons. The van der Waals surface area contributed by atoms with Gasteiger partial charge in [0.15, 0.2) is 0 Å². The van der Waals surface area contributed by atoms with E-state index in [1.165, 1.54) is 10.6 Å². The van der Waals surface area contributed by atoms with E-state index >= 15 is 0 Å². The third-order valence-corrected chi connectivity index (χ3v) is 5.03. The molecule has 5 nitrogen and oxygen atoms in total. The molecular formula is C18H22ClN3O2S. The van der Waals surface area contributed by atoms with Gasteiger partial charge in [0.25, 0.3) is 11.1 Å². The minimum atomic E-state index is -0.140. The lowest BCUT2D eigenvalue weighted by Gasteiger charge is -2.12. The van der Waals surface area contributed by atoms with Crippen LogP contribution in [0.3, 0.4) is 0 Å². The summed E-state index contributed by atoms with van der Waals surface area (Å²) in [6.07, 6.45) is 10.1. The first-order valence-corrected chi connectivity index (χ1v) is 9.17. The van der Waals surface area contributed by atoms with E-state index in [2.05, 4.69) is 22.4 Å². The summed E-state index contributed by atoms with van der Waals surface area (Å²) in [5, 5.41) is -0.140. The largest absolute Gasteiger partial charge is 0.304 e. The van der Waals surface area contributed by atoms with E-state index in [-0.39, 0.29) is 23.6 Å². The van der Waals surface area contributed by atoms with Gasteiger partial charge in [-0.3, -0.25) is 14.5 Å². The number of fused-ring (bicyclic) bond motifs is 1. The number of aromatic nitrogens is 2. The normalized spacial score (nSPS) is 16.0. The summed E-state index contributed by atoms with van der Waals surface area (Å²) in [5.41, 5.74) is 2.14. The van der Waals surface area contributed by atoms with Gasteiger partial charge >= 0.3 is 0 Å². The van der Waals surface area contributed by atoms with Crippen molar-refractivity contribution in [1.29, 1.82) is 0 Å². The van der Waals surface area contributed by atoms with E-state index < -0.39 is 0 Å². The number of unbranched alkanes of at least 4 members (excludes halogenated alkanes) is 2. The Hall–Kier alpha value is -1.79. The fraction of sp³-hybridized carbons (Fsp3) is 0.389. The lowest BCUT2D eigenvalue weighted by molar-refractivity contribution is -0.122. The van der Waals surface area contributed by atoms with Crippen molar-refractivity contribution in [3.05, 3.63) is 47.3 Å². The minimum Gasteiger partial charge on any atom is -0.304 e. The molecule has 0 radical (unpaired) electrons. The Morgan fingerprint density at radius 3 is 2.88 bits per heavy atom. The van der Waals surface area contributed by atoms with Crippen LogP contribution in [0.15, 0.2) is 41.6 Å². The van der Waals surface area contributed by atoms with Crippen molar-refractivity contribution in [3.8, 4) is 0 Å². The predicted octanol–water partition coefficient (Wildman–Crippen LogP) is 4.46. The third-order valence-electron chi connectivity index (χ3n) is 4.07. The Balaban J connectivity index is 0.00000225. The molecule has 1 aliphatic rings. The lowest BCUT2D eigenvalue weighted by Crippen LogP contribution is -2.29. The van der Waals surface area contributed by atoms with Crippen LogP contribution >= 0.6 is 24.2 Å². The van der Waals surface area contributed by atoms with Gasteiger partial charge in [0.05, 0.1) is 4.91 Å². The Morgan fingerprint density at radius 2 is 2.08 bits per heavy atom. The fourth-order valence-corrected chi connectivity index (χ4v) is 3.66. The summed E-state index contributed by atoms with van der Waals surface area (Å²) >= 11 is 1.07. The monoisotopic (exact) mass is 379 g/mol. The zero-order valence-electron chi connectivity index (χ0n) is 14.2. The molecule has 3 heterocycles. The second-order valence-electron chi connectivity index (χ2n) is 5.81. The van der Waals surface area contributed by atoms with Gasteiger partial charge in [0, 0.05) is 24.6 Å². The van der Waals surface area contributed by atoms with Crippen LogP contribution in [0.2, 0.25) is 0 Å². The summed E-state index contributed by atoms with van der Waals surface area (Å²) in [6, 6.07) is 6.07. The van der Waals surface area contributed by atoms with Gasteiger partial charge in [-0.15, -0.1) is 12.4 Å². The molecule has 0 aromatic carbocycles. The molecule has 0 N–H and O–H groups in total. The summed E-state index contributed by atoms with van der Waals surface area (Å²) in [6.45, 7) is 2.55. The number of hydrogen-bond acceptors (Lipinski definition) is 4. The van der Waals surface area contributed by atoms with E-state index in [9.17, 15) is 9.59 Å². The van der Waals surface area contributed by atoms with Crippen molar-refractivity contribution in [2.45, 2.75) is 39.0 Å². The van der Waals surface area contributed by atoms with Gasteiger partial charge in [0.1, 0.15) is 5.65 Å². The quantitative estimate of drug-likeness (QED) is 0.526. The molecule has 0 unspecified atom stereocenters. The van der Waals surface area contributed by atoms with Gasteiger partial charge < -0.3 is 4.40 Å². The molecule has 0 bridgehead atoms. The number of carbonyl (C=O) groups excluding carboxylic acids is 2. The maximum Gasteiger partial charge on any atom is 0.293 e. The molecule has 0 saturated carbocycles. The van der Waals surface area contributed by atoms with Crippen molar-refractivity contribution >= 4 is 41.0 Å². The number of imidazole rings is 1. The molecule has 3 rings (SSSR count). The van der Waals surface area contributed by atoms with Crippen LogP contribution in [0.25, 0.3) is 5.65 Å². The molecule has 7 heteroatoms. The van der Waals surface area contributed by atoms with Crippen LogP contribution in [0.5, 0.6) is 0 Å². The molecule has 25 heavy (non-hydrogen) atoms. The van der Waals surface area contributed by atoms with Crippen molar-refractivity contribution < 1.29 is 9.59 Å². The standard InChI is InChI=1S/C18H21N3O2S.ClH/c1-2-3-9-15-17(22)21(18(23)24-15)12-5-4-7-14-8-6-10-16-19-11-13-20(14)16;/h6,8-11,13H,2-5,7,12H2,1H3;1H. The van der Waals surface area contributed by atoms with Crippen molar-refractivity contribution in [3.63, 3.8) is 0 Å². The first kappa shape index (κ1) is 19.5. The summed E-state index contributed by atoms with van der Waals surface area (Å²) in [5.74, 6) is -0.129. The van der Waals surface area contributed by atoms with E-state index in [0.29, 0.717) is 11.4 Å². The number of halogens is 1. The minimum absolute atomic E-state index is 0. The Labute approximate surface area is 157 Å². The number of nitrogens with zero attached hydrogens (tertiary/aromatic N) is 3. The molecule has 2 aromatic rings. The van der Waals surface area contributed by atoms with Crippen LogP contribution in [-0.4, -0.2) is 32.0 Å². The van der Waals surface area contributed by atoms with E-state index in [1.54, 1.807) is 6.20 Å². The van der Waals surface area contributed by atoms with Gasteiger partial charge in [-0.25, -0.2) is 4.98 Å². The molecular weight excluding hydrogens is 358 g/mol. The molecule has 2 aromatic heterocycles. The zero-order chi connectivity index (χ0) is 16.9. The van der Waals surface area contributed by atoms with E-state index in [0.717, 1.165) is 49.5 Å². The van der Waals surface area contributed by atoms with Crippen molar-refractivity contribution in [2.75, 3.05) is 6.54 Å². The maximum absolute atomic E-state index is 12.2. The van der Waals surface area contributed by atoms with Crippen molar-refractivity contribution in [1.82, 2.24) is 14.3 Å². The average molecular weight is 380 g/mol. The topological polar surface area (TPSA) is 54.7 Å². The maximum atomic E-state index is 12.2. The van der Waals surface area contributed by atoms with Gasteiger partial charge in [-0.05, 0) is 49.6 Å². The van der Waals surface area contributed by atoms with Crippen LogP contribution in [-0.2, 0) is 11.2 Å². The molecule has 0 aliphatic carbocycles. The molecule has 0 spiro atoms. The number of thioether (sulfide) groups is 1. The van der Waals surface area contributed by atoms with Gasteiger partial charge in [-0.2, -0.15) is 0 Å². The van der Waals surface area contributed by atoms with E-state index in [4.69, 9.17) is 0 Å². The highest BCUT2D eigenvalue weighted by Gasteiger charge is 2.34. The second kappa shape index (κ2) is 9.06. The van der Waals surface area contributed by atoms with Crippen LogP contribution < -0.4 is 0 Å².